The molecule has 8 nitrogen and oxygen atoms in total. The molecule has 2 aliphatic heterocycles. The molecule has 0 radical (unpaired) electrons. The second-order valence-electron chi connectivity index (χ2n) is 7.96. The second kappa shape index (κ2) is 8.08. The van der Waals surface area contributed by atoms with Crippen LogP contribution in [0.1, 0.15) is 35.9 Å². The Kier molecular flexibility index (Phi) is 5.51. The lowest BCUT2D eigenvalue weighted by molar-refractivity contribution is -0.114. The summed E-state index contributed by atoms with van der Waals surface area (Å²) in [4.78, 5) is 37.6. The van der Waals surface area contributed by atoms with Gasteiger partial charge in [0.2, 0.25) is 5.91 Å². The van der Waals surface area contributed by atoms with Crippen molar-refractivity contribution in [1.82, 2.24) is 25.1 Å². The third-order valence-corrected chi connectivity index (χ3v) is 6.43. The number of amides is 3. The fraction of sp³-hybridized carbons (Fsp3) is 0.500. The number of carbonyl (C=O) groups excluding carboxylic acids is 2. The Hall–Kier alpha value is -2.52. The van der Waals surface area contributed by atoms with Crippen molar-refractivity contribution in [1.29, 1.82) is 0 Å². The third-order valence-electron chi connectivity index (χ3n) is 5.53. The van der Waals surface area contributed by atoms with Gasteiger partial charge in [0.15, 0.2) is 5.13 Å². The SMILES string of the molecule is CC(=O)Nc1ncc(CN2CCC3(CC2)CN(Cc2ccc(C)nc2)C(=O)N3)s1. The van der Waals surface area contributed by atoms with E-state index in [1.165, 1.54) is 18.3 Å². The molecule has 4 heterocycles. The van der Waals surface area contributed by atoms with Crippen molar-refractivity contribution in [3.8, 4) is 0 Å². The second-order valence-corrected chi connectivity index (χ2v) is 9.08. The molecule has 2 N–H and O–H groups in total. The number of rotatable bonds is 5. The van der Waals surface area contributed by atoms with E-state index in [0.29, 0.717) is 11.7 Å². The van der Waals surface area contributed by atoms with Crippen LogP contribution in [0, 0.1) is 6.92 Å². The van der Waals surface area contributed by atoms with Crippen LogP contribution in [0.25, 0.3) is 0 Å². The molecular weight excluding hydrogens is 388 g/mol. The van der Waals surface area contributed by atoms with Gasteiger partial charge in [-0.3, -0.25) is 14.7 Å². The topological polar surface area (TPSA) is 90.5 Å². The summed E-state index contributed by atoms with van der Waals surface area (Å²) >= 11 is 1.51. The maximum absolute atomic E-state index is 12.5. The van der Waals surface area contributed by atoms with Crippen LogP contribution < -0.4 is 10.6 Å². The van der Waals surface area contributed by atoms with Gasteiger partial charge in [0, 0.05) is 62.6 Å². The molecule has 29 heavy (non-hydrogen) atoms. The van der Waals surface area contributed by atoms with Crippen LogP contribution in [0.4, 0.5) is 9.93 Å². The zero-order valence-electron chi connectivity index (χ0n) is 16.8. The lowest BCUT2D eigenvalue weighted by Gasteiger charge is -2.38. The number of likely N-dealkylation sites (tertiary alicyclic amines) is 1. The smallest absolute Gasteiger partial charge is 0.318 e. The van der Waals surface area contributed by atoms with Gasteiger partial charge in [0.05, 0.1) is 5.54 Å². The Balaban J connectivity index is 1.30. The number of thiazole rings is 1. The van der Waals surface area contributed by atoms with Crippen LogP contribution in [0.2, 0.25) is 0 Å². The number of nitrogens with one attached hydrogen (secondary N) is 2. The number of nitrogens with zero attached hydrogens (tertiary/aromatic N) is 4. The molecule has 0 unspecified atom stereocenters. The number of hydrogen-bond donors (Lipinski definition) is 2. The normalized spacial score (nSPS) is 18.8. The van der Waals surface area contributed by atoms with Crippen molar-refractivity contribution in [2.24, 2.45) is 0 Å². The van der Waals surface area contributed by atoms with E-state index < -0.39 is 0 Å². The van der Waals surface area contributed by atoms with Crippen molar-refractivity contribution in [2.45, 2.75) is 45.3 Å². The summed E-state index contributed by atoms with van der Waals surface area (Å²) in [5.74, 6) is -0.103. The van der Waals surface area contributed by atoms with E-state index in [9.17, 15) is 9.59 Å². The van der Waals surface area contributed by atoms with Gasteiger partial charge in [-0.2, -0.15) is 0 Å². The molecule has 3 amide bonds. The fourth-order valence-corrected chi connectivity index (χ4v) is 4.86. The molecule has 2 aromatic rings. The first-order valence-corrected chi connectivity index (χ1v) is 10.7. The van der Waals surface area contributed by atoms with Crippen LogP contribution in [-0.4, -0.2) is 56.9 Å². The summed E-state index contributed by atoms with van der Waals surface area (Å²) in [6.45, 7) is 7.45. The molecule has 9 heteroatoms. The minimum Gasteiger partial charge on any atom is -0.331 e. The molecule has 154 valence electrons. The zero-order chi connectivity index (χ0) is 20.4. The number of pyridine rings is 1. The predicted molar refractivity (Wildman–Crippen MR) is 112 cm³/mol. The van der Waals surface area contributed by atoms with Crippen molar-refractivity contribution in [2.75, 3.05) is 25.0 Å². The molecule has 2 fully saturated rings. The largest absolute Gasteiger partial charge is 0.331 e. The Morgan fingerprint density at radius 3 is 2.72 bits per heavy atom. The molecular formula is C20H26N6O2S. The Bertz CT molecular complexity index is 889. The average molecular weight is 415 g/mol. The molecule has 0 atom stereocenters. The highest BCUT2D eigenvalue weighted by atomic mass is 32.1. The number of hydrogen-bond acceptors (Lipinski definition) is 6. The number of aryl methyl sites for hydroxylation is 1. The number of carbonyl (C=O) groups is 2. The van der Waals surface area contributed by atoms with Crippen LogP contribution in [0.15, 0.2) is 24.5 Å². The van der Waals surface area contributed by atoms with Gasteiger partial charge in [-0.05, 0) is 31.4 Å². The average Bonchev–Trinajstić information content (AvgIpc) is 3.23. The summed E-state index contributed by atoms with van der Waals surface area (Å²) < 4.78 is 0. The van der Waals surface area contributed by atoms with E-state index in [0.717, 1.165) is 55.2 Å². The highest BCUT2D eigenvalue weighted by Gasteiger charge is 2.44. The van der Waals surface area contributed by atoms with Crippen molar-refractivity contribution in [3.63, 3.8) is 0 Å². The van der Waals surface area contributed by atoms with E-state index >= 15 is 0 Å². The minimum absolute atomic E-state index is 0.0152. The standard InChI is InChI=1S/C20H26N6O2S/c1-14-3-4-16(9-21-14)11-26-13-20(24-19(26)28)5-7-25(8-6-20)12-17-10-22-18(29-17)23-15(2)27/h3-4,9-10H,5-8,11-13H2,1-2H3,(H,24,28)(H,22,23,27). The van der Waals surface area contributed by atoms with Crippen LogP contribution in [0.3, 0.4) is 0 Å². The van der Waals surface area contributed by atoms with Gasteiger partial charge in [-0.1, -0.05) is 6.07 Å². The maximum Gasteiger partial charge on any atom is 0.318 e. The van der Waals surface area contributed by atoms with Crippen LogP contribution >= 0.6 is 11.3 Å². The summed E-state index contributed by atoms with van der Waals surface area (Å²) in [6, 6.07) is 4.03. The Labute approximate surface area is 174 Å². The number of urea groups is 1. The quantitative estimate of drug-likeness (QED) is 0.784. The lowest BCUT2D eigenvalue weighted by Crippen LogP contribution is -2.52. The highest BCUT2D eigenvalue weighted by Crippen LogP contribution is 2.30. The molecule has 0 aliphatic carbocycles. The molecule has 2 aromatic heterocycles. The first-order chi connectivity index (χ1) is 13.9. The van der Waals surface area contributed by atoms with Gasteiger partial charge in [-0.15, -0.1) is 11.3 Å². The molecule has 2 saturated heterocycles. The monoisotopic (exact) mass is 414 g/mol. The molecule has 4 rings (SSSR count). The lowest BCUT2D eigenvalue weighted by atomic mass is 9.88. The summed E-state index contributed by atoms with van der Waals surface area (Å²) in [5.41, 5.74) is 1.90. The maximum atomic E-state index is 12.5. The van der Waals surface area contributed by atoms with Gasteiger partial charge >= 0.3 is 6.03 Å². The Morgan fingerprint density at radius 2 is 2.03 bits per heavy atom. The summed E-state index contributed by atoms with van der Waals surface area (Å²) in [7, 11) is 0. The molecule has 1 spiro atoms. The Morgan fingerprint density at radius 1 is 1.24 bits per heavy atom. The van der Waals surface area contributed by atoms with Gasteiger partial charge < -0.3 is 15.5 Å². The molecule has 2 aliphatic rings. The van der Waals surface area contributed by atoms with Crippen molar-refractivity contribution < 1.29 is 9.59 Å². The molecule has 0 aromatic carbocycles. The highest BCUT2D eigenvalue weighted by molar-refractivity contribution is 7.15. The first kappa shape index (κ1) is 19.8. The van der Waals surface area contributed by atoms with Gasteiger partial charge in [0.25, 0.3) is 0 Å². The molecule has 0 saturated carbocycles. The van der Waals surface area contributed by atoms with Crippen molar-refractivity contribution >= 4 is 28.4 Å². The number of piperidine rings is 1. The van der Waals surface area contributed by atoms with Crippen molar-refractivity contribution in [3.05, 3.63) is 40.7 Å². The van der Waals surface area contributed by atoms with E-state index in [1.807, 2.05) is 36.4 Å². The van der Waals surface area contributed by atoms with E-state index in [4.69, 9.17) is 0 Å². The van der Waals surface area contributed by atoms with Gasteiger partial charge in [0.1, 0.15) is 0 Å². The fourth-order valence-electron chi connectivity index (χ4n) is 3.95. The van der Waals surface area contributed by atoms with Crippen LogP contribution in [0.5, 0.6) is 0 Å². The first-order valence-electron chi connectivity index (χ1n) is 9.84. The summed E-state index contributed by atoms with van der Waals surface area (Å²) in [6.07, 6.45) is 5.53. The summed E-state index contributed by atoms with van der Waals surface area (Å²) in [5, 5.41) is 6.61. The number of anilines is 1. The molecule has 0 bridgehead atoms. The zero-order valence-corrected chi connectivity index (χ0v) is 17.6. The number of aromatic nitrogens is 2. The van der Waals surface area contributed by atoms with Crippen LogP contribution in [-0.2, 0) is 17.9 Å². The van der Waals surface area contributed by atoms with E-state index in [-0.39, 0.29) is 17.5 Å². The van der Waals surface area contributed by atoms with Gasteiger partial charge in [-0.25, -0.2) is 9.78 Å². The third kappa shape index (κ3) is 4.73. The minimum atomic E-state index is -0.138. The van der Waals surface area contributed by atoms with E-state index in [2.05, 4.69) is 25.5 Å². The van der Waals surface area contributed by atoms with E-state index in [1.54, 1.807) is 0 Å². The predicted octanol–water partition coefficient (Wildman–Crippen LogP) is 2.36.